The highest BCUT2D eigenvalue weighted by Gasteiger charge is 2.37. The molecule has 3 heterocycles. The maximum Gasteiger partial charge on any atom is 0.154 e. The molecular formula is C20H24F2N7O-. The van der Waals surface area contributed by atoms with Crippen LogP contribution in [0.2, 0.25) is 0 Å². The molecule has 3 N–H and O–H groups in total. The number of fused-ring (bicyclic) bond motifs is 1. The Labute approximate surface area is 173 Å². The van der Waals surface area contributed by atoms with Crippen LogP contribution in [0.15, 0.2) is 23.2 Å². The molecule has 0 bridgehead atoms. The lowest BCUT2D eigenvalue weighted by molar-refractivity contribution is -0.0535. The summed E-state index contributed by atoms with van der Waals surface area (Å²) in [6.07, 6.45) is 1.25. The molecule has 0 spiro atoms. The highest BCUT2D eigenvalue weighted by molar-refractivity contribution is 5.99. The molecule has 0 radical (unpaired) electrons. The second kappa shape index (κ2) is 8.21. The van der Waals surface area contributed by atoms with Gasteiger partial charge in [0.2, 0.25) is 0 Å². The number of halogens is 2. The number of aliphatic imine (C=N–C) groups is 1. The van der Waals surface area contributed by atoms with Gasteiger partial charge >= 0.3 is 0 Å². The first-order valence-electron chi connectivity index (χ1n) is 9.70. The van der Waals surface area contributed by atoms with E-state index < -0.39 is 23.8 Å². The predicted octanol–water partition coefficient (Wildman–Crippen LogP) is 2.23. The van der Waals surface area contributed by atoms with E-state index in [4.69, 9.17) is 15.9 Å². The number of imidazole rings is 1. The number of nitrogens with zero attached hydrogens (tertiary/aromatic N) is 5. The van der Waals surface area contributed by atoms with Crippen molar-refractivity contribution in [1.82, 2.24) is 14.5 Å². The minimum atomic E-state index is -0.672. The molecular weight excluding hydrogens is 392 g/mol. The minimum absolute atomic E-state index is 0.0434. The standard InChI is InChI=1S/C20H24F2N7O/c1-25-10-26-19(24)20-27-16-7-29(8-17(16)28(20)2)12-6-15(23)18(30-9-12)13-5-11(21)3-4-14(13)22/h3-5,10,12,15,18H,6-9,23H2,1-2H3,(H-,24,25,26)/q-1/t12-,15+,18-/m1/s1. The summed E-state index contributed by atoms with van der Waals surface area (Å²) in [7, 11) is 3.46. The summed E-state index contributed by atoms with van der Waals surface area (Å²) in [4.78, 5) is 10.7. The first kappa shape index (κ1) is 20.6. The van der Waals surface area contributed by atoms with Crippen LogP contribution in [0.3, 0.4) is 0 Å². The Morgan fingerprint density at radius 1 is 1.40 bits per heavy atom. The quantitative estimate of drug-likeness (QED) is 0.589. The summed E-state index contributed by atoms with van der Waals surface area (Å²) in [5, 5.41) is 11.8. The summed E-state index contributed by atoms with van der Waals surface area (Å²) >= 11 is 0. The first-order chi connectivity index (χ1) is 14.4. The third-order valence-electron chi connectivity index (χ3n) is 5.70. The summed E-state index contributed by atoms with van der Waals surface area (Å²) in [6.45, 7) is 1.62. The first-order valence-corrected chi connectivity index (χ1v) is 9.70. The maximum atomic E-state index is 14.1. The smallest absolute Gasteiger partial charge is 0.154 e. The average Bonchev–Trinajstić information content (AvgIpc) is 3.28. The van der Waals surface area contributed by atoms with Crippen molar-refractivity contribution in [3.63, 3.8) is 0 Å². The van der Waals surface area contributed by atoms with E-state index in [1.165, 1.54) is 6.34 Å². The Morgan fingerprint density at radius 3 is 2.90 bits per heavy atom. The summed E-state index contributed by atoms with van der Waals surface area (Å²) in [5.74, 6) is -0.463. The van der Waals surface area contributed by atoms with Crippen molar-refractivity contribution in [3.8, 4) is 0 Å². The lowest BCUT2D eigenvalue weighted by Crippen LogP contribution is -2.47. The molecule has 1 aromatic carbocycles. The fraction of sp³-hybridized carbons (Fsp3) is 0.450. The Balaban J connectivity index is 1.43. The van der Waals surface area contributed by atoms with E-state index in [-0.39, 0.29) is 17.4 Å². The Hall–Kier alpha value is -2.69. The van der Waals surface area contributed by atoms with E-state index in [0.717, 1.165) is 29.6 Å². The molecule has 2 aliphatic rings. The van der Waals surface area contributed by atoms with Gasteiger partial charge in [-0.25, -0.2) is 13.8 Å². The van der Waals surface area contributed by atoms with Crippen LogP contribution < -0.4 is 5.73 Å². The molecule has 4 rings (SSSR count). The number of hydrogen-bond donors (Lipinski definition) is 2. The SMILES string of the molecule is C[N-]C=NC(=N)c1nc2c(n1C)CN([C@H]1CO[C@H](c3cc(F)ccc3F)[C@@H](N)C1)C2. The Kier molecular flexibility index (Phi) is 5.63. The van der Waals surface area contributed by atoms with Gasteiger partial charge in [0, 0.05) is 37.8 Å². The van der Waals surface area contributed by atoms with Gasteiger partial charge in [0.25, 0.3) is 0 Å². The van der Waals surface area contributed by atoms with E-state index >= 15 is 0 Å². The van der Waals surface area contributed by atoms with Crippen LogP contribution in [-0.4, -0.2) is 52.4 Å². The van der Waals surface area contributed by atoms with Crippen LogP contribution in [0.4, 0.5) is 8.78 Å². The Bertz CT molecular complexity index is 990. The van der Waals surface area contributed by atoms with Crippen LogP contribution in [0.1, 0.15) is 35.3 Å². The van der Waals surface area contributed by atoms with Crippen molar-refractivity contribution >= 4 is 12.2 Å². The molecule has 3 atom stereocenters. The Morgan fingerprint density at radius 2 is 2.20 bits per heavy atom. The topological polar surface area (TPSA) is 107 Å². The van der Waals surface area contributed by atoms with E-state index in [9.17, 15) is 8.78 Å². The monoisotopic (exact) mass is 416 g/mol. The van der Waals surface area contributed by atoms with Crippen molar-refractivity contribution in [2.45, 2.75) is 37.7 Å². The second-order valence-electron chi connectivity index (χ2n) is 7.62. The molecule has 30 heavy (non-hydrogen) atoms. The molecule has 8 nitrogen and oxygen atoms in total. The van der Waals surface area contributed by atoms with Crippen LogP contribution >= 0.6 is 0 Å². The largest absolute Gasteiger partial charge is 0.475 e. The zero-order valence-corrected chi connectivity index (χ0v) is 16.8. The zero-order chi connectivity index (χ0) is 21.4. The molecule has 0 saturated carbocycles. The number of nitrogens with one attached hydrogen (secondary N) is 1. The maximum absolute atomic E-state index is 14.1. The fourth-order valence-corrected chi connectivity index (χ4v) is 4.15. The third-order valence-corrected chi connectivity index (χ3v) is 5.70. The number of amidine groups is 1. The summed E-state index contributed by atoms with van der Waals surface area (Å²) in [5.41, 5.74) is 8.37. The third kappa shape index (κ3) is 3.73. The average molecular weight is 416 g/mol. The van der Waals surface area contributed by atoms with Crippen LogP contribution in [-0.2, 0) is 24.9 Å². The van der Waals surface area contributed by atoms with Crippen molar-refractivity contribution in [1.29, 1.82) is 5.41 Å². The van der Waals surface area contributed by atoms with Gasteiger partial charge in [-0.2, -0.15) is 0 Å². The van der Waals surface area contributed by atoms with Crippen molar-refractivity contribution < 1.29 is 13.5 Å². The number of hydrogen-bond acceptors (Lipinski definition) is 5. The van der Waals surface area contributed by atoms with Crippen molar-refractivity contribution in [2.24, 2.45) is 17.8 Å². The molecule has 2 aliphatic heterocycles. The van der Waals surface area contributed by atoms with Crippen molar-refractivity contribution in [2.75, 3.05) is 13.7 Å². The highest BCUT2D eigenvalue weighted by atomic mass is 19.1. The molecule has 1 saturated heterocycles. The van der Waals surface area contributed by atoms with Gasteiger partial charge in [0.1, 0.15) is 17.7 Å². The molecule has 10 heteroatoms. The normalized spacial score (nSPS) is 24.4. The van der Waals surface area contributed by atoms with Gasteiger partial charge in [-0.05, 0) is 24.6 Å². The number of rotatable bonds is 4. The molecule has 2 aromatic rings. The van der Waals surface area contributed by atoms with E-state index in [1.54, 1.807) is 7.05 Å². The second-order valence-corrected chi connectivity index (χ2v) is 7.62. The van der Waals surface area contributed by atoms with E-state index in [0.29, 0.717) is 31.9 Å². The van der Waals surface area contributed by atoms with Crippen molar-refractivity contribution in [3.05, 3.63) is 57.9 Å². The van der Waals surface area contributed by atoms with Crippen LogP contribution in [0, 0.1) is 17.0 Å². The minimum Gasteiger partial charge on any atom is -0.475 e. The highest BCUT2D eigenvalue weighted by Crippen LogP contribution is 2.34. The predicted molar refractivity (Wildman–Crippen MR) is 108 cm³/mol. The zero-order valence-electron chi connectivity index (χ0n) is 16.8. The number of benzene rings is 1. The van der Waals surface area contributed by atoms with Crippen LogP contribution in [0.5, 0.6) is 0 Å². The van der Waals surface area contributed by atoms with Crippen LogP contribution in [0.25, 0.3) is 5.32 Å². The molecule has 0 aliphatic carbocycles. The number of nitrogens with two attached hydrogens (primary N) is 1. The lowest BCUT2D eigenvalue weighted by Gasteiger charge is -2.38. The van der Waals surface area contributed by atoms with Gasteiger partial charge in [0.15, 0.2) is 5.82 Å². The fourth-order valence-electron chi connectivity index (χ4n) is 4.15. The van der Waals surface area contributed by atoms with Gasteiger partial charge in [-0.15, -0.1) is 0 Å². The van der Waals surface area contributed by atoms with E-state index in [1.807, 2.05) is 11.6 Å². The van der Waals surface area contributed by atoms with Gasteiger partial charge in [-0.3, -0.25) is 4.90 Å². The molecule has 1 aromatic heterocycles. The van der Waals surface area contributed by atoms with Gasteiger partial charge in [-0.1, -0.05) is 13.4 Å². The summed E-state index contributed by atoms with van der Waals surface area (Å²) in [6, 6.07) is 2.93. The number of ether oxygens (including phenoxy) is 1. The molecule has 160 valence electrons. The lowest BCUT2D eigenvalue weighted by atomic mass is 9.93. The summed E-state index contributed by atoms with van der Waals surface area (Å²) < 4.78 is 35.4. The molecule has 1 fully saturated rings. The van der Waals surface area contributed by atoms with E-state index in [2.05, 4.69) is 20.2 Å². The van der Waals surface area contributed by atoms with Gasteiger partial charge in [0.05, 0.1) is 23.8 Å². The van der Waals surface area contributed by atoms with Gasteiger partial charge < -0.3 is 30.8 Å². The molecule has 0 amide bonds. The molecule has 0 unspecified atom stereocenters. The number of aromatic nitrogens is 2.